The summed E-state index contributed by atoms with van der Waals surface area (Å²) in [6, 6.07) is 16.3. The average Bonchev–Trinajstić information content (AvgIpc) is 3.04. The second-order valence-corrected chi connectivity index (χ2v) is 6.06. The largest absolute Gasteiger partial charge is 0.341 e. The molecule has 0 saturated carbocycles. The topological polar surface area (TPSA) is 71.8 Å². The van der Waals surface area contributed by atoms with Crippen LogP contribution in [0.2, 0.25) is 0 Å². The van der Waals surface area contributed by atoms with Gasteiger partial charge in [-0.2, -0.15) is 0 Å². The fraction of sp³-hybridized carbons (Fsp3) is 0.0952. The molecule has 4 rings (SSSR count). The summed E-state index contributed by atoms with van der Waals surface area (Å²) in [6.07, 6.45) is 6.47. The van der Waals surface area contributed by atoms with Gasteiger partial charge in [-0.05, 0) is 42.8 Å². The maximum Gasteiger partial charge on any atom is 0.262 e. The molecular weight excluding hydrogens is 338 g/mol. The van der Waals surface area contributed by atoms with E-state index in [-0.39, 0.29) is 5.91 Å². The third kappa shape index (κ3) is 3.37. The molecule has 0 aliphatic heterocycles. The number of carbonyl (C=O) groups excluding carboxylic acids is 1. The van der Waals surface area contributed by atoms with E-state index in [1.807, 2.05) is 6.07 Å². The van der Waals surface area contributed by atoms with Crippen LogP contribution in [0, 0.1) is 0 Å². The predicted octanol–water partition coefficient (Wildman–Crippen LogP) is 3.76. The van der Waals surface area contributed by atoms with Crippen molar-refractivity contribution in [2.45, 2.75) is 13.5 Å². The van der Waals surface area contributed by atoms with E-state index in [1.54, 1.807) is 24.5 Å². The lowest BCUT2D eigenvalue weighted by molar-refractivity contribution is -0.116. The number of hydrogen-bond donors (Lipinski definition) is 2. The van der Waals surface area contributed by atoms with Crippen LogP contribution < -0.4 is 10.9 Å². The Hall–Kier alpha value is -3.67. The van der Waals surface area contributed by atoms with Gasteiger partial charge in [0.15, 0.2) is 0 Å². The van der Waals surface area contributed by atoms with Crippen LogP contribution in [0.15, 0.2) is 67.0 Å². The summed E-state index contributed by atoms with van der Waals surface area (Å²) >= 11 is 0. The molecule has 6 heteroatoms. The molecule has 0 spiro atoms. The lowest BCUT2D eigenvalue weighted by atomic mass is 10.1. The monoisotopic (exact) mass is 357 g/mol. The van der Waals surface area contributed by atoms with E-state index in [0.717, 1.165) is 12.1 Å². The number of carbonyl (C=O) groups is 1. The summed E-state index contributed by atoms with van der Waals surface area (Å²) in [6.45, 7) is 3.06. The highest BCUT2D eigenvalue weighted by Crippen LogP contribution is 2.29. The molecule has 27 heavy (non-hydrogen) atoms. The van der Waals surface area contributed by atoms with Gasteiger partial charge in [-0.1, -0.05) is 24.3 Å². The minimum Gasteiger partial charge on any atom is -0.341 e. The average molecular weight is 357 g/mol. The first-order valence-electron chi connectivity index (χ1n) is 8.78. The van der Waals surface area contributed by atoms with Crippen LogP contribution in [0.25, 0.3) is 27.9 Å². The Bertz CT molecular complexity index is 1130. The molecule has 134 valence electrons. The fourth-order valence-corrected chi connectivity index (χ4v) is 3.21. The Balaban J connectivity index is 1.56. The highest BCUT2D eigenvalue weighted by atomic mass is 16.2. The van der Waals surface area contributed by atoms with Crippen molar-refractivity contribution in [3.8, 4) is 0 Å². The van der Waals surface area contributed by atoms with Crippen LogP contribution in [-0.4, -0.2) is 20.4 Å². The van der Waals surface area contributed by atoms with Gasteiger partial charge in [0, 0.05) is 46.8 Å². The zero-order valence-electron chi connectivity index (χ0n) is 14.9. The molecular formula is C21H19N5O. The summed E-state index contributed by atoms with van der Waals surface area (Å²) in [4.78, 5) is 20.0. The number of benzene rings is 2. The first-order chi connectivity index (χ1) is 13.3. The third-order valence-electron chi connectivity index (χ3n) is 4.40. The minimum atomic E-state index is -0.279. The van der Waals surface area contributed by atoms with Gasteiger partial charge in [0.2, 0.25) is 5.95 Å². The second-order valence-electron chi connectivity index (χ2n) is 6.06. The van der Waals surface area contributed by atoms with E-state index in [0.29, 0.717) is 5.95 Å². The number of hydrogen-bond acceptors (Lipinski definition) is 4. The molecule has 2 aromatic heterocycles. The molecule has 0 bridgehead atoms. The molecule has 1 amide bonds. The smallest absolute Gasteiger partial charge is 0.262 e. The van der Waals surface area contributed by atoms with E-state index in [4.69, 9.17) is 0 Å². The molecule has 0 unspecified atom stereocenters. The number of aromatic nitrogens is 3. The standard InChI is InChI=1S/C21H19N5O/c1-2-26-18-7-4-3-6-16(18)17-14-15(8-10-19(17)26)9-11-20(27)24-25-21-22-12-5-13-23-21/h3-14H,2H2,1H3,(H,24,27)(H,22,23,25). The Morgan fingerprint density at radius 3 is 2.63 bits per heavy atom. The third-order valence-corrected chi connectivity index (χ3v) is 4.40. The molecule has 6 nitrogen and oxygen atoms in total. The van der Waals surface area contributed by atoms with Crippen molar-refractivity contribution < 1.29 is 4.79 Å². The number of rotatable bonds is 5. The molecule has 0 aliphatic carbocycles. The van der Waals surface area contributed by atoms with E-state index in [2.05, 4.69) is 68.7 Å². The van der Waals surface area contributed by atoms with Crippen molar-refractivity contribution in [2.24, 2.45) is 0 Å². The van der Waals surface area contributed by atoms with Crippen LogP contribution in [0.5, 0.6) is 0 Å². The first kappa shape index (κ1) is 16.8. The van der Waals surface area contributed by atoms with Gasteiger partial charge in [0.05, 0.1) is 0 Å². The minimum absolute atomic E-state index is 0.279. The van der Waals surface area contributed by atoms with E-state index in [9.17, 15) is 4.79 Å². The van der Waals surface area contributed by atoms with Crippen LogP contribution in [0.3, 0.4) is 0 Å². The maximum absolute atomic E-state index is 12.0. The van der Waals surface area contributed by atoms with Gasteiger partial charge in [-0.15, -0.1) is 0 Å². The molecule has 4 aromatic rings. The first-order valence-corrected chi connectivity index (χ1v) is 8.78. The van der Waals surface area contributed by atoms with Crippen molar-refractivity contribution in [1.82, 2.24) is 20.0 Å². The van der Waals surface area contributed by atoms with Crippen LogP contribution in [-0.2, 0) is 11.3 Å². The summed E-state index contributed by atoms with van der Waals surface area (Å²) in [5, 5.41) is 2.41. The van der Waals surface area contributed by atoms with E-state index >= 15 is 0 Å². The number of nitrogens with zero attached hydrogens (tertiary/aromatic N) is 3. The Morgan fingerprint density at radius 1 is 1.04 bits per heavy atom. The zero-order valence-corrected chi connectivity index (χ0v) is 14.9. The number of para-hydroxylation sites is 1. The Morgan fingerprint density at radius 2 is 1.81 bits per heavy atom. The molecule has 0 fully saturated rings. The summed E-state index contributed by atoms with van der Waals surface area (Å²) in [5.41, 5.74) is 8.60. The summed E-state index contributed by atoms with van der Waals surface area (Å²) < 4.78 is 2.30. The van der Waals surface area contributed by atoms with Crippen LogP contribution >= 0.6 is 0 Å². The second kappa shape index (κ2) is 7.29. The van der Waals surface area contributed by atoms with Gasteiger partial charge in [-0.3, -0.25) is 15.6 Å². The number of anilines is 1. The molecule has 0 aliphatic rings. The van der Waals surface area contributed by atoms with Gasteiger partial charge in [-0.25, -0.2) is 9.97 Å². The Kier molecular flexibility index (Phi) is 4.53. The number of amides is 1. The molecule has 0 atom stereocenters. The van der Waals surface area contributed by atoms with Gasteiger partial charge >= 0.3 is 0 Å². The van der Waals surface area contributed by atoms with Crippen LogP contribution in [0.4, 0.5) is 5.95 Å². The normalized spacial score (nSPS) is 11.3. The fourth-order valence-electron chi connectivity index (χ4n) is 3.21. The predicted molar refractivity (Wildman–Crippen MR) is 108 cm³/mol. The summed E-state index contributed by atoms with van der Waals surface area (Å²) in [5.74, 6) is 0.0616. The lowest BCUT2D eigenvalue weighted by Gasteiger charge is -2.04. The molecule has 2 aromatic carbocycles. The quantitative estimate of drug-likeness (QED) is 0.421. The van der Waals surface area contributed by atoms with Gasteiger partial charge in [0.25, 0.3) is 5.91 Å². The highest BCUT2D eigenvalue weighted by Gasteiger charge is 2.09. The van der Waals surface area contributed by atoms with Gasteiger partial charge < -0.3 is 4.57 Å². The van der Waals surface area contributed by atoms with E-state index < -0.39 is 0 Å². The highest BCUT2D eigenvalue weighted by molar-refractivity contribution is 6.08. The molecule has 2 N–H and O–H groups in total. The van der Waals surface area contributed by atoms with Crippen LogP contribution in [0.1, 0.15) is 12.5 Å². The van der Waals surface area contributed by atoms with Crippen molar-refractivity contribution in [3.63, 3.8) is 0 Å². The SMILES string of the molecule is CCn1c2ccccc2c2cc(C=CC(=O)NNc3ncccn3)ccc21. The summed E-state index contributed by atoms with van der Waals surface area (Å²) in [7, 11) is 0. The maximum atomic E-state index is 12.0. The van der Waals surface area contributed by atoms with E-state index in [1.165, 1.54) is 27.9 Å². The molecule has 0 radical (unpaired) electrons. The number of hydrazine groups is 1. The van der Waals surface area contributed by atoms with Gasteiger partial charge in [0.1, 0.15) is 0 Å². The number of fused-ring (bicyclic) bond motifs is 3. The van der Waals surface area contributed by atoms with Crippen molar-refractivity contribution in [3.05, 3.63) is 72.6 Å². The number of nitrogens with one attached hydrogen (secondary N) is 2. The molecule has 2 heterocycles. The van der Waals surface area contributed by atoms with Crippen molar-refractivity contribution in [1.29, 1.82) is 0 Å². The van der Waals surface area contributed by atoms with Crippen molar-refractivity contribution >= 4 is 39.7 Å². The number of aryl methyl sites for hydroxylation is 1. The molecule has 0 saturated heterocycles. The zero-order chi connectivity index (χ0) is 18.6. The lowest BCUT2D eigenvalue weighted by Crippen LogP contribution is -2.28. The van der Waals surface area contributed by atoms with Crippen molar-refractivity contribution in [2.75, 3.05) is 5.43 Å². The Labute approximate surface area is 156 Å².